The summed E-state index contributed by atoms with van der Waals surface area (Å²) in [6.45, 7) is 2.55. The van der Waals surface area contributed by atoms with E-state index in [4.69, 9.17) is 0 Å². The third kappa shape index (κ3) is 5.24. The lowest BCUT2D eigenvalue weighted by Crippen LogP contribution is -2.32. The lowest BCUT2D eigenvalue weighted by molar-refractivity contribution is 0.102. The molecular formula is C25H23N5O3. The lowest BCUT2D eigenvalue weighted by atomic mass is 10.0. The zero-order valence-corrected chi connectivity index (χ0v) is 18.0. The number of carbonyl (C=O) groups is 2. The normalized spacial score (nSPS) is 10.6. The predicted octanol–water partition coefficient (Wildman–Crippen LogP) is 4.69. The molecule has 2 amide bonds. The Morgan fingerprint density at radius 2 is 1.79 bits per heavy atom. The number of carboxylic acid groups (broad SMARTS) is 1. The Labute approximate surface area is 191 Å². The van der Waals surface area contributed by atoms with Gasteiger partial charge in [0.1, 0.15) is 0 Å². The summed E-state index contributed by atoms with van der Waals surface area (Å²) in [6, 6.07) is 20.2. The summed E-state index contributed by atoms with van der Waals surface area (Å²) in [6.07, 6.45) is 3.82. The van der Waals surface area contributed by atoms with Crippen molar-refractivity contribution in [2.45, 2.75) is 13.5 Å². The van der Waals surface area contributed by atoms with Gasteiger partial charge in [-0.3, -0.25) is 19.4 Å². The summed E-state index contributed by atoms with van der Waals surface area (Å²) >= 11 is 0. The monoisotopic (exact) mass is 441 g/mol. The van der Waals surface area contributed by atoms with Gasteiger partial charge in [-0.15, -0.1) is 0 Å². The first-order chi connectivity index (χ1) is 16.0. The predicted molar refractivity (Wildman–Crippen MR) is 126 cm³/mol. The summed E-state index contributed by atoms with van der Waals surface area (Å²) < 4.78 is 1.60. The van der Waals surface area contributed by atoms with Crippen LogP contribution in [0.15, 0.2) is 85.3 Å². The van der Waals surface area contributed by atoms with Crippen LogP contribution in [0.3, 0.4) is 0 Å². The van der Waals surface area contributed by atoms with Gasteiger partial charge in [0, 0.05) is 30.2 Å². The molecule has 0 saturated heterocycles. The molecule has 0 saturated carbocycles. The number of pyridine rings is 1. The molecular weight excluding hydrogens is 418 g/mol. The van der Waals surface area contributed by atoms with Crippen molar-refractivity contribution in [2.75, 3.05) is 16.8 Å². The summed E-state index contributed by atoms with van der Waals surface area (Å²) in [5.74, 6) is -0.297. The van der Waals surface area contributed by atoms with Gasteiger partial charge in [-0.25, -0.2) is 4.79 Å². The van der Waals surface area contributed by atoms with Crippen LogP contribution in [-0.4, -0.2) is 38.4 Å². The second kappa shape index (κ2) is 9.78. The van der Waals surface area contributed by atoms with Gasteiger partial charge in [0.25, 0.3) is 5.91 Å². The van der Waals surface area contributed by atoms with E-state index in [1.54, 1.807) is 53.5 Å². The third-order valence-electron chi connectivity index (χ3n) is 5.12. The van der Waals surface area contributed by atoms with Crippen molar-refractivity contribution in [3.05, 3.63) is 96.4 Å². The van der Waals surface area contributed by atoms with Crippen LogP contribution in [0.1, 0.15) is 15.9 Å². The van der Waals surface area contributed by atoms with Crippen molar-refractivity contribution in [1.29, 1.82) is 0 Å². The second-order valence-corrected chi connectivity index (χ2v) is 7.48. The number of rotatable bonds is 7. The number of hydrogen-bond donors (Lipinski definition) is 2. The number of nitrogens with zero attached hydrogens (tertiary/aromatic N) is 4. The maximum atomic E-state index is 13.0. The van der Waals surface area contributed by atoms with E-state index in [1.807, 2.05) is 37.3 Å². The molecule has 0 spiro atoms. The molecule has 4 aromatic rings. The molecule has 8 heteroatoms. The van der Waals surface area contributed by atoms with E-state index in [1.165, 1.54) is 11.1 Å². The number of amides is 2. The largest absolute Gasteiger partial charge is 0.465 e. The van der Waals surface area contributed by atoms with Gasteiger partial charge in [0.15, 0.2) is 0 Å². The Morgan fingerprint density at radius 3 is 2.52 bits per heavy atom. The van der Waals surface area contributed by atoms with E-state index >= 15 is 0 Å². The van der Waals surface area contributed by atoms with Crippen LogP contribution in [-0.2, 0) is 6.54 Å². The molecule has 2 heterocycles. The first-order valence-corrected chi connectivity index (χ1v) is 10.4. The molecule has 0 aliphatic carbocycles. The first kappa shape index (κ1) is 21.8. The maximum absolute atomic E-state index is 13.0. The van der Waals surface area contributed by atoms with Crippen molar-refractivity contribution in [2.24, 2.45) is 0 Å². The average molecular weight is 441 g/mol. The van der Waals surface area contributed by atoms with Gasteiger partial charge in [-0.1, -0.05) is 48.0 Å². The molecule has 2 aromatic carbocycles. The van der Waals surface area contributed by atoms with E-state index in [9.17, 15) is 14.7 Å². The molecule has 0 aliphatic rings. The molecule has 0 atom stereocenters. The number of aromatic nitrogens is 3. The highest BCUT2D eigenvalue weighted by atomic mass is 16.4. The van der Waals surface area contributed by atoms with Crippen molar-refractivity contribution in [3.63, 3.8) is 0 Å². The van der Waals surface area contributed by atoms with Crippen LogP contribution in [0, 0.1) is 6.92 Å². The summed E-state index contributed by atoms with van der Waals surface area (Å²) in [5, 5.41) is 16.6. The minimum atomic E-state index is -1.04. The van der Waals surface area contributed by atoms with Gasteiger partial charge in [0.05, 0.1) is 29.7 Å². The Bertz CT molecular complexity index is 1250. The van der Waals surface area contributed by atoms with Crippen molar-refractivity contribution in [3.8, 4) is 11.3 Å². The molecule has 0 aliphatic heterocycles. The van der Waals surface area contributed by atoms with Gasteiger partial charge in [0.2, 0.25) is 0 Å². The van der Waals surface area contributed by atoms with Gasteiger partial charge in [-0.2, -0.15) is 5.10 Å². The van der Waals surface area contributed by atoms with Crippen molar-refractivity contribution >= 4 is 23.4 Å². The second-order valence-electron chi connectivity index (χ2n) is 7.48. The zero-order valence-electron chi connectivity index (χ0n) is 18.0. The molecule has 0 radical (unpaired) electrons. The Balaban J connectivity index is 1.44. The first-order valence-electron chi connectivity index (χ1n) is 10.4. The van der Waals surface area contributed by atoms with Crippen molar-refractivity contribution < 1.29 is 14.7 Å². The minimum absolute atomic E-state index is 0.217. The highest BCUT2D eigenvalue weighted by Crippen LogP contribution is 2.22. The smallest absolute Gasteiger partial charge is 0.411 e. The van der Waals surface area contributed by atoms with Crippen LogP contribution in [0.2, 0.25) is 0 Å². The SMILES string of the molecule is Cc1ccc(-c2ncccc2C(=O)Nc2cnn(CCN(C(=O)O)c3ccccc3)c2)cc1. The Kier molecular flexibility index (Phi) is 6.45. The number of anilines is 2. The molecule has 4 rings (SSSR count). The van der Waals surface area contributed by atoms with Crippen LogP contribution in [0.4, 0.5) is 16.2 Å². The molecule has 2 N–H and O–H groups in total. The Hall–Kier alpha value is -4.46. The number of nitrogens with one attached hydrogen (secondary N) is 1. The molecule has 0 bridgehead atoms. The van der Waals surface area contributed by atoms with Crippen LogP contribution in [0.5, 0.6) is 0 Å². The minimum Gasteiger partial charge on any atom is -0.465 e. The Morgan fingerprint density at radius 1 is 1.03 bits per heavy atom. The van der Waals surface area contributed by atoms with Crippen LogP contribution < -0.4 is 10.2 Å². The van der Waals surface area contributed by atoms with E-state index in [2.05, 4.69) is 15.4 Å². The van der Waals surface area contributed by atoms with Crippen molar-refractivity contribution in [1.82, 2.24) is 14.8 Å². The molecule has 0 unspecified atom stereocenters. The number of hydrogen-bond acceptors (Lipinski definition) is 4. The molecule has 33 heavy (non-hydrogen) atoms. The fraction of sp³-hybridized carbons (Fsp3) is 0.120. The van der Waals surface area contributed by atoms with E-state index < -0.39 is 6.09 Å². The number of aryl methyl sites for hydroxylation is 1. The zero-order chi connectivity index (χ0) is 23.2. The third-order valence-corrected chi connectivity index (χ3v) is 5.12. The van der Waals surface area contributed by atoms with Crippen LogP contribution in [0.25, 0.3) is 11.3 Å². The average Bonchev–Trinajstić information content (AvgIpc) is 3.27. The fourth-order valence-electron chi connectivity index (χ4n) is 3.42. The van der Waals surface area contributed by atoms with Crippen LogP contribution >= 0.6 is 0 Å². The number of carbonyl (C=O) groups excluding carboxylic acids is 1. The summed E-state index contributed by atoms with van der Waals surface area (Å²) in [7, 11) is 0. The van der Waals surface area contributed by atoms with Gasteiger partial charge >= 0.3 is 6.09 Å². The molecule has 166 valence electrons. The topological polar surface area (TPSA) is 100 Å². The fourth-order valence-corrected chi connectivity index (χ4v) is 3.42. The van der Waals surface area contributed by atoms with Gasteiger partial charge < -0.3 is 10.4 Å². The van der Waals surface area contributed by atoms with E-state index in [-0.39, 0.29) is 12.5 Å². The number of para-hydroxylation sites is 1. The molecule has 8 nitrogen and oxygen atoms in total. The molecule has 0 fully saturated rings. The van der Waals surface area contributed by atoms with E-state index in [0.29, 0.717) is 29.2 Å². The summed E-state index contributed by atoms with van der Waals surface area (Å²) in [5.41, 5.74) is 4.14. The van der Waals surface area contributed by atoms with Gasteiger partial charge in [-0.05, 0) is 31.2 Å². The number of benzene rings is 2. The van der Waals surface area contributed by atoms with E-state index in [0.717, 1.165) is 11.1 Å². The maximum Gasteiger partial charge on any atom is 0.411 e. The highest BCUT2D eigenvalue weighted by molar-refractivity contribution is 6.08. The molecule has 2 aromatic heterocycles. The summed E-state index contributed by atoms with van der Waals surface area (Å²) in [4.78, 5) is 30.2. The standard InChI is InChI=1S/C25H23N5O3/c1-18-9-11-19(12-10-18)23-22(8-5-13-26-23)24(31)28-20-16-27-29(17-20)14-15-30(25(32)33)21-6-3-2-4-7-21/h2-13,16-17H,14-15H2,1H3,(H,28,31)(H,32,33). The lowest BCUT2D eigenvalue weighted by Gasteiger charge is -2.19. The highest BCUT2D eigenvalue weighted by Gasteiger charge is 2.16. The quantitative estimate of drug-likeness (QED) is 0.433.